The molecule has 1 aromatic carbocycles. The van der Waals surface area contributed by atoms with Gasteiger partial charge in [-0.25, -0.2) is 0 Å². The minimum absolute atomic E-state index is 0.318. The molecule has 108 valence electrons. The molecule has 1 aromatic rings. The van der Waals surface area contributed by atoms with Gasteiger partial charge in [-0.2, -0.15) is 0 Å². The van der Waals surface area contributed by atoms with Crippen molar-refractivity contribution in [1.82, 2.24) is 0 Å². The summed E-state index contributed by atoms with van der Waals surface area (Å²) in [5.74, 6) is 5.10. The van der Waals surface area contributed by atoms with Gasteiger partial charge in [0.15, 0.2) is 5.85 Å². The van der Waals surface area contributed by atoms with Gasteiger partial charge in [-0.05, 0) is 12.5 Å². The van der Waals surface area contributed by atoms with E-state index in [0.717, 1.165) is 0 Å². The molecule has 2 unspecified atom stereocenters. The normalized spacial score (nSPS) is 15.7. The maximum atomic E-state index is 12.2. The molecule has 0 aromatic heterocycles. The second kappa shape index (κ2) is 6.82. The Kier molecular flexibility index (Phi) is 5.96. The van der Waals surface area contributed by atoms with Gasteiger partial charge < -0.3 is 14.7 Å². The lowest BCUT2D eigenvalue weighted by Crippen LogP contribution is -2.17. The van der Waals surface area contributed by atoms with Crippen LogP contribution in [0.2, 0.25) is 10.0 Å². The number of hydrazine groups is 1. The SMILES string of the molecule is CCC(Oc1cc(NN)c(Cl)cc1Cl)P(C)(=O)OC. The molecule has 0 saturated carbocycles. The van der Waals surface area contributed by atoms with Crippen molar-refractivity contribution < 1.29 is 13.8 Å². The van der Waals surface area contributed by atoms with Crippen LogP contribution in [0.25, 0.3) is 0 Å². The average Bonchev–Trinajstić information content (AvgIpc) is 2.37. The summed E-state index contributed by atoms with van der Waals surface area (Å²) in [5.41, 5.74) is 2.91. The van der Waals surface area contributed by atoms with Gasteiger partial charge >= 0.3 is 0 Å². The standard InChI is InChI=1S/C11H17Cl2N2O3P/c1-4-11(19(3,16)17-2)18-10-6-9(15-14)7(12)5-8(10)13/h5-6,11,15H,4,14H2,1-3H3. The number of hydrogen-bond acceptors (Lipinski definition) is 5. The van der Waals surface area contributed by atoms with Crippen LogP contribution in [0.5, 0.6) is 5.75 Å². The van der Waals surface area contributed by atoms with E-state index in [9.17, 15) is 4.57 Å². The molecule has 5 nitrogen and oxygen atoms in total. The van der Waals surface area contributed by atoms with Gasteiger partial charge in [-0.1, -0.05) is 30.1 Å². The highest BCUT2D eigenvalue weighted by atomic mass is 35.5. The van der Waals surface area contributed by atoms with Crippen molar-refractivity contribution in [2.75, 3.05) is 19.2 Å². The second-order valence-corrected chi connectivity index (χ2v) is 7.55. The van der Waals surface area contributed by atoms with Crippen LogP contribution in [0.15, 0.2) is 12.1 Å². The highest BCUT2D eigenvalue weighted by Crippen LogP contribution is 2.50. The van der Waals surface area contributed by atoms with Crippen LogP contribution in [0.3, 0.4) is 0 Å². The lowest BCUT2D eigenvalue weighted by atomic mass is 10.3. The summed E-state index contributed by atoms with van der Waals surface area (Å²) in [6, 6.07) is 3.07. The lowest BCUT2D eigenvalue weighted by Gasteiger charge is -2.24. The quantitative estimate of drug-likeness (QED) is 0.470. The Morgan fingerprint density at radius 3 is 2.53 bits per heavy atom. The molecule has 0 fully saturated rings. The number of benzene rings is 1. The number of anilines is 1. The highest BCUT2D eigenvalue weighted by molar-refractivity contribution is 7.58. The molecule has 0 aliphatic carbocycles. The molecular formula is C11H17Cl2N2O3P. The number of rotatable bonds is 6. The Hall–Kier alpha value is -0.450. The first-order valence-corrected chi connectivity index (χ1v) is 8.50. The smallest absolute Gasteiger partial charge is 0.239 e. The molecule has 1 rings (SSSR count). The van der Waals surface area contributed by atoms with Crippen molar-refractivity contribution in [1.29, 1.82) is 0 Å². The fourth-order valence-corrected chi connectivity index (χ4v) is 3.19. The van der Waals surface area contributed by atoms with Gasteiger partial charge in [0.05, 0.1) is 15.7 Å². The van der Waals surface area contributed by atoms with E-state index in [1.165, 1.54) is 19.8 Å². The Morgan fingerprint density at radius 1 is 1.42 bits per heavy atom. The summed E-state index contributed by atoms with van der Waals surface area (Å²) < 4.78 is 22.9. The van der Waals surface area contributed by atoms with Gasteiger partial charge in [0.1, 0.15) is 5.75 Å². The van der Waals surface area contributed by atoms with Gasteiger partial charge in [-0.15, -0.1) is 0 Å². The number of hydrogen-bond donors (Lipinski definition) is 2. The third-order valence-electron chi connectivity index (χ3n) is 2.67. The zero-order valence-electron chi connectivity index (χ0n) is 10.9. The number of nitrogens with two attached hydrogens (primary N) is 1. The summed E-state index contributed by atoms with van der Waals surface area (Å²) in [4.78, 5) is 0. The van der Waals surface area contributed by atoms with Crippen molar-refractivity contribution in [2.45, 2.75) is 19.2 Å². The Morgan fingerprint density at radius 2 is 2.05 bits per heavy atom. The van der Waals surface area contributed by atoms with Crippen LogP contribution in [-0.2, 0) is 9.09 Å². The third-order valence-corrected chi connectivity index (χ3v) is 5.52. The molecule has 0 amide bonds. The number of nitrogen functional groups attached to an aromatic ring is 1. The Labute approximate surface area is 122 Å². The number of halogens is 2. The molecule has 0 aliphatic heterocycles. The fraction of sp³-hybridized carbons (Fsp3) is 0.455. The van der Waals surface area contributed by atoms with Gasteiger partial charge in [0, 0.05) is 19.8 Å². The second-order valence-electron chi connectivity index (χ2n) is 3.98. The fourth-order valence-electron chi connectivity index (χ4n) is 1.50. The third kappa shape index (κ3) is 4.01. The Bertz CT molecular complexity index is 499. The van der Waals surface area contributed by atoms with Gasteiger partial charge in [-0.3, -0.25) is 10.4 Å². The first kappa shape index (κ1) is 16.6. The van der Waals surface area contributed by atoms with E-state index in [1.807, 2.05) is 6.92 Å². The zero-order valence-corrected chi connectivity index (χ0v) is 13.4. The van der Waals surface area contributed by atoms with E-state index in [-0.39, 0.29) is 0 Å². The van der Waals surface area contributed by atoms with Crippen LogP contribution < -0.4 is 16.0 Å². The first-order valence-electron chi connectivity index (χ1n) is 5.61. The number of ether oxygens (including phenoxy) is 1. The molecule has 19 heavy (non-hydrogen) atoms. The average molecular weight is 327 g/mol. The summed E-state index contributed by atoms with van der Waals surface area (Å²) in [5, 5.41) is 0.692. The minimum atomic E-state index is -2.87. The van der Waals surface area contributed by atoms with Crippen molar-refractivity contribution >= 4 is 36.3 Å². The van der Waals surface area contributed by atoms with Crippen LogP contribution in [0.4, 0.5) is 5.69 Å². The minimum Gasteiger partial charge on any atom is -0.479 e. The molecular weight excluding hydrogens is 310 g/mol. The van der Waals surface area contributed by atoms with Crippen LogP contribution in [0.1, 0.15) is 13.3 Å². The molecule has 0 aliphatic rings. The van der Waals surface area contributed by atoms with Crippen molar-refractivity contribution in [2.24, 2.45) is 5.84 Å². The molecule has 0 saturated heterocycles. The summed E-state index contributed by atoms with van der Waals surface area (Å²) in [6.07, 6.45) is 0.520. The topological polar surface area (TPSA) is 73.6 Å². The summed E-state index contributed by atoms with van der Waals surface area (Å²) in [6.45, 7) is 3.37. The van der Waals surface area contributed by atoms with Crippen LogP contribution >= 0.6 is 30.6 Å². The van der Waals surface area contributed by atoms with Crippen LogP contribution in [-0.4, -0.2) is 19.6 Å². The van der Waals surface area contributed by atoms with E-state index in [1.54, 1.807) is 6.07 Å². The maximum absolute atomic E-state index is 12.2. The molecule has 0 radical (unpaired) electrons. The van der Waals surface area contributed by atoms with E-state index in [0.29, 0.717) is 27.9 Å². The summed E-state index contributed by atoms with van der Waals surface area (Å²) >= 11 is 12.0. The summed E-state index contributed by atoms with van der Waals surface area (Å²) in [7, 11) is -1.48. The molecule has 0 heterocycles. The predicted molar refractivity (Wildman–Crippen MR) is 79.5 cm³/mol. The maximum Gasteiger partial charge on any atom is 0.239 e. The lowest BCUT2D eigenvalue weighted by molar-refractivity contribution is 0.241. The molecule has 2 atom stereocenters. The van der Waals surface area contributed by atoms with E-state index in [2.05, 4.69) is 5.43 Å². The first-order chi connectivity index (χ1) is 8.85. The molecule has 8 heteroatoms. The Balaban J connectivity index is 3.07. The predicted octanol–water partition coefficient (Wildman–Crippen LogP) is 3.95. The zero-order chi connectivity index (χ0) is 14.6. The molecule has 0 spiro atoms. The van der Waals surface area contributed by atoms with Gasteiger partial charge in [0.25, 0.3) is 0 Å². The molecule has 3 N–H and O–H groups in total. The van der Waals surface area contributed by atoms with E-state index >= 15 is 0 Å². The van der Waals surface area contributed by atoms with Crippen molar-refractivity contribution in [3.63, 3.8) is 0 Å². The van der Waals surface area contributed by atoms with Crippen LogP contribution in [0, 0.1) is 0 Å². The van der Waals surface area contributed by atoms with E-state index in [4.69, 9.17) is 38.3 Å². The largest absolute Gasteiger partial charge is 0.479 e. The van der Waals surface area contributed by atoms with Crippen molar-refractivity contribution in [3.05, 3.63) is 22.2 Å². The monoisotopic (exact) mass is 326 g/mol. The van der Waals surface area contributed by atoms with E-state index < -0.39 is 13.2 Å². The van der Waals surface area contributed by atoms with Gasteiger partial charge in [0.2, 0.25) is 7.37 Å². The van der Waals surface area contributed by atoms with Crippen molar-refractivity contribution in [3.8, 4) is 5.75 Å². The number of nitrogens with one attached hydrogen (secondary N) is 1. The molecule has 0 bridgehead atoms. The highest BCUT2D eigenvalue weighted by Gasteiger charge is 2.29.